The normalized spacial score (nSPS) is 11.4. The van der Waals surface area contributed by atoms with Crippen LogP contribution in [0.5, 0.6) is 0 Å². The third-order valence-corrected chi connectivity index (χ3v) is 4.84. The first-order valence-electron chi connectivity index (χ1n) is 9.68. The number of primary amides is 1. The van der Waals surface area contributed by atoms with Crippen molar-refractivity contribution in [3.05, 3.63) is 89.7 Å². The number of hydrogen-bond acceptors (Lipinski definition) is 4. The van der Waals surface area contributed by atoms with Gasteiger partial charge < -0.3 is 21.8 Å². The number of pyridine rings is 1. The van der Waals surface area contributed by atoms with Crippen LogP contribution < -0.4 is 16.8 Å². The smallest absolute Gasteiger partial charge is 0.249 e. The number of hydrogen-bond donors (Lipinski definition) is 4. The van der Waals surface area contributed by atoms with Crippen molar-refractivity contribution >= 4 is 45.9 Å². The third-order valence-electron chi connectivity index (χ3n) is 4.84. The first kappa shape index (κ1) is 19.9. The number of nitrogens with one attached hydrogen (secondary N) is 2. The number of anilines is 2. The Hall–Kier alpha value is -4.39. The Balaban J connectivity index is 1.69. The summed E-state index contributed by atoms with van der Waals surface area (Å²) in [5, 5.41) is 3.63. The molecule has 2 amide bonds. The quantitative estimate of drug-likeness (QED) is 0.287. The molecule has 6 N–H and O–H groups in total. The van der Waals surface area contributed by atoms with Gasteiger partial charge in [0.25, 0.3) is 0 Å². The van der Waals surface area contributed by atoms with E-state index in [0.29, 0.717) is 39.1 Å². The van der Waals surface area contributed by atoms with E-state index in [4.69, 9.17) is 11.5 Å². The van der Waals surface area contributed by atoms with Gasteiger partial charge in [0.1, 0.15) is 5.65 Å². The number of nitrogens with zero attached hydrogens (tertiary/aromatic N) is 1. The molecule has 2 aromatic carbocycles. The van der Waals surface area contributed by atoms with Crippen molar-refractivity contribution in [1.29, 1.82) is 0 Å². The Labute approximate surface area is 178 Å². The van der Waals surface area contributed by atoms with Crippen LogP contribution in [0.1, 0.15) is 16.7 Å². The van der Waals surface area contributed by atoms with Crippen molar-refractivity contribution in [2.45, 2.75) is 6.42 Å². The van der Waals surface area contributed by atoms with E-state index < -0.39 is 5.91 Å². The topological polar surface area (TPSA) is 127 Å². The molecule has 0 saturated carbocycles. The zero-order valence-corrected chi connectivity index (χ0v) is 16.6. The number of aromatic nitrogens is 2. The number of aromatic amines is 1. The van der Waals surface area contributed by atoms with Crippen LogP contribution in [0.2, 0.25) is 0 Å². The molecule has 0 atom stereocenters. The number of carbonyl (C=O) groups is 2. The van der Waals surface area contributed by atoms with Crippen molar-refractivity contribution in [3.63, 3.8) is 0 Å². The van der Waals surface area contributed by atoms with Crippen molar-refractivity contribution in [2.75, 3.05) is 11.1 Å². The lowest BCUT2D eigenvalue weighted by molar-refractivity contribution is -0.115. The van der Waals surface area contributed by atoms with Gasteiger partial charge in [-0.25, -0.2) is 4.98 Å². The van der Waals surface area contributed by atoms with Gasteiger partial charge in [0.05, 0.1) is 12.1 Å². The van der Waals surface area contributed by atoms with Gasteiger partial charge >= 0.3 is 0 Å². The summed E-state index contributed by atoms with van der Waals surface area (Å²) in [6, 6.07) is 18.1. The highest BCUT2D eigenvalue weighted by atomic mass is 16.2. The van der Waals surface area contributed by atoms with E-state index in [0.717, 1.165) is 5.56 Å². The number of nitrogens with two attached hydrogens (primary N) is 2. The van der Waals surface area contributed by atoms with E-state index in [-0.39, 0.29) is 12.3 Å². The summed E-state index contributed by atoms with van der Waals surface area (Å²) in [5.41, 5.74) is 15.8. The summed E-state index contributed by atoms with van der Waals surface area (Å²) >= 11 is 0. The van der Waals surface area contributed by atoms with Gasteiger partial charge in [-0.3, -0.25) is 9.59 Å². The Bertz CT molecular complexity index is 1290. The minimum Gasteiger partial charge on any atom is -0.399 e. The Morgan fingerprint density at radius 1 is 1.06 bits per heavy atom. The van der Waals surface area contributed by atoms with Gasteiger partial charge in [0.2, 0.25) is 11.8 Å². The van der Waals surface area contributed by atoms with Crippen LogP contribution in [0.4, 0.5) is 11.4 Å². The highest BCUT2D eigenvalue weighted by Crippen LogP contribution is 2.29. The predicted octanol–water partition coefficient (Wildman–Crippen LogP) is 3.35. The minimum absolute atomic E-state index is 0.182. The lowest BCUT2D eigenvalue weighted by Crippen LogP contribution is -2.15. The van der Waals surface area contributed by atoms with Gasteiger partial charge in [0, 0.05) is 34.6 Å². The predicted molar refractivity (Wildman–Crippen MR) is 123 cm³/mol. The van der Waals surface area contributed by atoms with Gasteiger partial charge in [-0.05, 0) is 35.4 Å². The highest BCUT2D eigenvalue weighted by Gasteiger charge is 2.14. The van der Waals surface area contributed by atoms with Crippen molar-refractivity contribution in [2.24, 2.45) is 5.73 Å². The third kappa shape index (κ3) is 4.45. The molecule has 0 bridgehead atoms. The average Bonchev–Trinajstić information content (AvgIpc) is 3.16. The molecule has 154 valence electrons. The van der Waals surface area contributed by atoms with Crippen LogP contribution >= 0.6 is 0 Å². The molecule has 0 aliphatic rings. The molecular weight excluding hydrogens is 390 g/mol. The van der Waals surface area contributed by atoms with E-state index in [1.165, 1.54) is 0 Å². The van der Waals surface area contributed by atoms with Crippen LogP contribution in [0.3, 0.4) is 0 Å². The molecule has 0 unspecified atom stereocenters. The summed E-state index contributed by atoms with van der Waals surface area (Å²) in [7, 11) is 0. The van der Waals surface area contributed by atoms with Crippen LogP contribution in [0, 0.1) is 0 Å². The van der Waals surface area contributed by atoms with Crippen LogP contribution in [-0.2, 0) is 16.0 Å². The number of nitrogen functional groups attached to an aromatic ring is 1. The van der Waals surface area contributed by atoms with Crippen molar-refractivity contribution in [3.8, 4) is 0 Å². The SMILES string of the molecule is NC(=O)C(=Cc1c[nH]c2nccc(NC(=O)Cc3cccc(N)c3)c12)c1ccccc1. The molecule has 0 aliphatic carbocycles. The number of rotatable bonds is 6. The number of H-pyrrole nitrogens is 1. The fraction of sp³-hybridized carbons (Fsp3) is 0.0417. The second kappa shape index (κ2) is 8.54. The largest absolute Gasteiger partial charge is 0.399 e. The molecule has 7 nitrogen and oxygen atoms in total. The minimum atomic E-state index is -0.545. The summed E-state index contributed by atoms with van der Waals surface area (Å²) in [6.45, 7) is 0. The summed E-state index contributed by atoms with van der Waals surface area (Å²) in [4.78, 5) is 32.2. The highest BCUT2D eigenvalue weighted by molar-refractivity contribution is 6.24. The molecule has 4 aromatic rings. The maximum absolute atomic E-state index is 12.6. The number of benzene rings is 2. The molecule has 7 heteroatoms. The van der Waals surface area contributed by atoms with Gasteiger partial charge in [-0.2, -0.15) is 0 Å². The molecular formula is C24H21N5O2. The molecule has 0 fully saturated rings. The lowest BCUT2D eigenvalue weighted by atomic mass is 10.0. The molecule has 2 aromatic heterocycles. The summed E-state index contributed by atoms with van der Waals surface area (Å²) < 4.78 is 0. The first-order valence-corrected chi connectivity index (χ1v) is 9.68. The van der Waals surface area contributed by atoms with Crippen molar-refractivity contribution in [1.82, 2.24) is 9.97 Å². The Morgan fingerprint density at radius 2 is 1.87 bits per heavy atom. The maximum Gasteiger partial charge on any atom is 0.249 e. The number of fused-ring (bicyclic) bond motifs is 1. The molecule has 2 heterocycles. The molecule has 0 radical (unpaired) electrons. The number of carbonyl (C=O) groups excluding carboxylic acids is 2. The average molecular weight is 411 g/mol. The van der Waals surface area contributed by atoms with Gasteiger partial charge in [0.15, 0.2) is 0 Å². The van der Waals surface area contributed by atoms with E-state index in [2.05, 4.69) is 15.3 Å². The second-order valence-corrected chi connectivity index (χ2v) is 7.08. The van der Waals surface area contributed by atoms with Crippen molar-refractivity contribution < 1.29 is 9.59 Å². The monoisotopic (exact) mass is 411 g/mol. The fourth-order valence-electron chi connectivity index (χ4n) is 3.45. The van der Waals surface area contributed by atoms with Gasteiger partial charge in [-0.15, -0.1) is 0 Å². The molecule has 4 rings (SSSR count). The maximum atomic E-state index is 12.6. The van der Waals surface area contributed by atoms with Crippen LogP contribution in [0.25, 0.3) is 22.7 Å². The second-order valence-electron chi connectivity index (χ2n) is 7.08. The van der Waals surface area contributed by atoms with Crippen LogP contribution in [0.15, 0.2) is 73.1 Å². The fourth-order valence-corrected chi connectivity index (χ4v) is 3.45. The molecule has 0 spiro atoms. The molecule has 0 aliphatic heterocycles. The zero-order valence-electron chi connectivity index (χ0n) is 16.6. The van der Waals surface area contributed by atoms with Gasteiger partial charge in [-0.1, -0.05) is 42.5 Å². The van der Waals surface area contributed by atoms with Crippen LogP contribution in [-0.4, -0.2) is 21.8 Å². The molecule has 0 saturated heterocycles. The van der Waals surface area contributed by atoms with E-state index in [9.17, 15) is 9.59 Å². The Morgan fingerprint density at radius 3 is 2.61 bits per heavy atom. The lowest BCUT2D eigenvalue weighted by Gasteiger charge is -2.09. The van der Waals surface area contributed by atoms with E-state index >= 15 is 0 Å². The summed E-state index contributed by atoms with van der Waals surface area (Å²) in [5.74, 6) is -0.732. The summed E-state index contributed by atoms with van der Waals surface area (Å²) in [6.07, 6.45) is 5.22. The van der Waals surface area contributed by atoms with E-state index in [1.807, 2.05) is 42.5 Å². The molecule has 31 heavy (non-hydrogen) atoms. The number of amides is 2. The standard InChI is InChI=1S/C24H21N5O2/c25-18-8-4-5-15(11-18)12-21(30)29-20-9-10-27-24-22(20)17(14-28-24)13-19(23(26)31)16-6-2-1-3-7-16/h1-11,13-14H,12,25H2,(H2,26,31)(H2,27,28,29,30). The zero-order chi connectivity index (χ0) is 21.8. The Kier molecular flexibility index (Phi) is 5.49. The van der Waals surface area contributed by atoms with E-state index in [1.54, 1.807) is 36.7 Å². The first-order chi connectivity index (χ1) is 15.0.